The molecule has 2 aromatic carbocycles. The van der Waals surface area contributed by atoms with Gasteiger partial charge in [0.25, 0.3) is 0 Å². The molecule has 34 heavy (non-hydrogen) atoms. The summed E-state index contributed by atoms with van der Waals surface area (Å²) in [4.78, 5) is 13.0. The van der Waals surface area contributed by atoms with E-state index >= 15 is 0 Å². The van der Waals surface area contributed by atoms with Gasteiger partial charge in [0.05, 0.1) is 4.90 Å². The van der Waals surface area contributed by atoms with Gasteiger partial charge < -0.3 is 15.1 Å². The number of para-hydroxylation sites is 1. The van der Waals surface area contributed by atoms with Crippen LogP contribution in [0, 0.1) is 5.82 Å². The molecule has 0 amide bonds. The lowest BCUT2D eigenvalue weighted by molar-refractivity contribution is 0.602. The Kier molecular flexibility index (Phi) is 5.56. The summed E-state index contributed by atoms with van der Waals surface area (Å²) in [7, 11) is -1.62. The van der Waals surface area contributed by atoms with Crippen LogP contribution >= 0.6 is 0 Å². The van der Waals surface area contributed by atoms with Crippen LogP contribution in [0.2, 0.25) is 0 Å². The predicted octanol–water partition coefficient (Wildman–Crippen LogP) is 4.01. The topological polar surface area (TPSA) is 107 Å². The summed E-state index contributed by atoms with van der Waals surface area (Å²) in [6.45, 7) is 1.78. The Morgan fingerprint density at radius 1 is 1.15 bits per heavy atom. The SMILES string of the molecule is CN(c1ccnc(Nc2cc(N3CCCC3)cc(S(C)(=O)=O)c2)n1)c1n[nH]c2c(F)cccc12. The fourth-order valence-corrected chi connectivity index (χ4v) is 4.79. The van der Waals surface area contributed by atoms with Crippen molar-refractivity contribution in [1.29, 1.82) is 0 Å². The summed E-state index contributed by atoms with van der Waals surface area (Å²) < 4.78 is 38.6. The number of nitrogens with zero attached hydrogens (tertiary/aromatic N) is 5. The summed E-state index contributed by atoms with van der Waals surface area (Å²) in [6.07, 6.45) is 4.95. The van der Waals surface area contributed by atoms with Crippen LogP contribution in [-0.2, 0) is 9.84 Å². The van der Waals surface area contributed by atoms with E-state index in [0.717, 1.165) is 31.6 Å². The highest BCUT2D eigenvalue weighted by atomic mass is 32.2. The molecule has 9 nitrogen and oxygen atoms in total. The van der Waals surface area contributed by atoms with Crippen molar-refractivity contribution in [3.8, 4) is 0 Å². The molecule has 176 valence electrons. The molecular formula is C23H24FN7O2S. The number of halogens is 1. The zero-order valence-corrected chi connectivity index (χ0v) is 19.6. The van der Waals surface area contributed by atoms with Crippen LogP contribution in [0.5, 0.6) is 0 Å². The van der Waals surface area contributed by atoms with Gasteiger partial charge >= 0.3 is 0 Å². The van der Waals surface area contributed by atoms with Gasteiger partial charge in [0, 0.05) is 49.4 Å². The third-order valence-electron chi connectivity index (χ3n) is 5.88. The lowest BCUT2D eigenvalue weighted by Crippen LogP contribution is -2.18. The Labute approximate surface area is 196 Å². The van der Waals surface area contributed by atoms with Crippen molar-refractivity contribution in [2.45, 2.75) is 17.7 Å². The normalized spacial score (nSPS) is 14.0. The number of nitrogens with one attached hydrogen (secondary N) is 2. The number of H-pyrrole nitrogens is 1. The molecule has 0 spiro atoms. The molecule has 2 N–H and O–H groups in total. The van der Waals surface area contributed by atoms with Gasteiger partial charge in [0.1, 0.15) is 17.2 Å². The summed E-state index contributed by atoms with van der Waals surface area (Å²) >= 11 is 0. The van der Waals surface area contributed by atoms with Crippen molar-refractivity contribution >= 4 is 49.7 Å². The number of rotatable bonds is 6. The summed E-state index contributed by atoms with van der Waals surface area (Å²) in [6, 6.07) is 11.7. The largest absolute Gasteiger partial charge is 0.371 e. The highest BCUT2D eigenvalue weighted by Gasteiger charge is 2.19. The predicted molar refractivity (Wildman–Crippen MR) is 130 cm³/mol. The minimum absolute atomic E-state index is 0.234. The van der Waals surface area contributed by atoms with Crippen LogP contribution in [0.1, 0.15) is 12.8 Å². The van der Waals surface area contributed by atoms with Crippen LogP contribution in [0.3, 0.4) is 0 Å². The lowest BCUT2D eigenvalue weighted by Gasteiger charge is -2.20. The van der Waals surface area contributed by atoms with Gasteiger partial charge in [0.15, 0.2) is 15.7 Å². The number of anilines is 5. The molecule has 0 saturated carbocycles. The maximum Gasteiger partial charge on any atom is 0.229 e. The molecule has 0 unspecified atom stereocenters. The number of sulfone groups is 1. The standard InChI is InChI=1S/C23H24FN7O2S/c1-30(22-18-6-5-7-19(24)21(18)28-29-22)20-8-9-25-23(27-20)26-15-12-16(31-10-3-4-11-31)14-17(13-15)34(2,32)33/h5-9,12-14H,3-4,10-11H2,1-2H3,(H,28,29)(H,25,26,27). The molecule has 0 atom stereocenters. The fraction of sp³-hybridized carbons (Fsp3) is 0.261. The van der Waals surface area contributed by atoms with Crippen LogP contribution in [0.15, 0.2) is 53.6 Å². The highest BCUT2D eigenvalue weighted by molar-refractivity contribution is 7.90. The first-order valence-electron chi connectivity index (χ1n) is 10.9. The summed E-state index contributed by atoms with van der Waals surface area (Å²) in [5.41, 5.74) is 1.75. The van der Waals surface area contributed by atoms with E-state index in [1.807, 2.05) is 6.07 Å². The minimum Gasteiger partial charge on any atom is -0.371 e. The molecular weight excluding hydrogens is 457 g/mol. The quantitative estimate of drug-likeness (QED) is 0.426. The Bertz CT molecular complexity index is 1470. The van der Waals surface area contributed by atoms with Gasteiger partial charge in [-0.1, -0.05) is 6.07 Å². The van der Waals surface area contributed by atoms with Gasteiger partial charge in [-0.05, 0) is 49.2 Å². The first kappa shape index (κ1) is 22.1. The average molecular weight is 482 g/mol. The molecule has 11 heteroatoms. The van der Waals surface area contributed by atoms with E-state index in [0.29, 0.717) is 34.2 Å². The number of aromatic nitrogens is 4. The van der Waals surface area contributed by atoms with Crippen molar-refractivity contribution in [3.63, 3.8) is 0 Å². The van der Waals surface area contributed by atoms with E-state index < -0.39 is 9.84 Å². The van der Waals surface area contributed by atoms with Crippen molar-refractivity contribution in [3.05, 3.63) is 54.5 Å². The number of aromatic amines is 1. The van der Waals surface area contributed by atoms with Gasteiger partial charge in [0.2, 0.25) is 5.95 Å². The molecule has 0 bridgehead atoms. The van der Waals surface area contributed by atoms with E-state index in [1.54, 1.807) is 48.5 Å². The molecule has 1 fully saturated rings. The Hall–Kier alpha value is -3.73. The Balaban J connectivity index is 1.47. The van der Waals surface area contributed by atoms with Crippen molar-refractivity contribution < 1.29 is 12.8 Å². The lowest BCUT2D eigenvalue weighted by atomic mass is 10.2. The average Bonchev–Trinajstić information content (AvgIpc) is 3.49. The van der Waals surface area contributed by atoms with Crippen LogP contribution in [-0.4, -0.2) is 55.0 Å². The molecule has 1 aliphatic rings. The summed E-state index contributed by atoms with van der Waals surface area (Å²) in [5, 5.41) is 10.7. The zero-order chi connectivity index (χ0) is 23.9. The van der Waals surface area contributed by atoms with Crippen molar-refractivity contribution in [2.75, 3.05) is 41.5 Å². The minimum atomic E-state index is -3.40. The van der Waals surface area contributed by atoms with E-state index in [1.165, 1.54) is 12.3 Å². The van der Waals surface area contributed by atoms with Gasteiger partial charge in [-0.2, -0.15) is 10.1 Å². The molecule has 1 aliphatic heterocycles. The summed E-state index contributed by atoms with van der Waals surface area (Å²) in [5.74, 6) is 0.978. The van der Waals surface area contributed by atoms with E-state index in [4.69, 9.17) is 0 Å². The molecule has 5 rings (SSSR count). The van der Waals surface area contributed by atoms with Crippen LogP contribution in [0.4, 0.5) is 33.3 Å². The second-order valence-electron chi connectivity index (χ2n) is 8.31. The zero-order valence-electron chi connectivity index (χ0n) is 18.8. The molecule has 1 saturated heterocycles. The van der Waals surface area contributed by atoms with Crippen LogP contribution in [0.25, 0.3) is 10.9 Å². The van der Waals surface area contributed by atoms with Crippen molar-refractivity contribution in [2.24, 2.45) is 0 Å². The number of hydrogen-bond acceptors (Lipinski definition) is 8. The third-order valence-corrected chi connectivity index (χ3v) is 6.97. The van der Waals surface area contributed by atoms with Crippen LogP contribution < -0.4 is 15.1 Å². The highest BCUT2D eigenvalue weighted by Crippen LogP contribution is 2.31. The number of benzene rings is 2. The van der Waals surface area contributed by atoms with Gasteiger partial charge in [-0.3, -0.25) is 5.10 Å². The van der Waals surface area contributed by atoms with Gasteiger partial charge in [-0.25, -0.2) is 17.8 Å². The maximum absolute atomic E-state index is 14.1. The van der Waals surface area contributed by atoms with Crippen molar-refractivity contribution in [1.82, 2.24) is 20.2 Å². The third kappa shape index (κ3) is 4.26. The van der Waals surface area contributed by atoms with Gasteiger partial charge in [-0.15, -0.1) is 0 Å². The maximum atomic E-state index is 14.1. The molecule has 0 radical (unpaired) electrons. The molecule has 2 aromatic heterocycles. The Morgan fingerprint density at radius 3 is 2.71 bits per heavy atom. The smallest absolute Gasteiger partial charge is 0.229 e. The molecule has 3 heterocycles. The monoisotopic (exact) mass is 481 g/mol. The molecule has 0 aliphatic carbocycles. The number of fused-ring (bicyclic) bond motifs is 1. The van der Waals surface area contributed by atoms with E-state index in [-0.39, 0.29) is 10.7 Å². The second-order valence-corrected chi connectivity index (χ2v) is 10.3. The number of hydrogen-bond donors (Lipinski definition) is 2. The second kappa shape index (κ2) is 8.56. The fourth-order valence-electron chi connectivity index (χ4n) is 4.11. The van der Waals surface area contributed by atoms with E-state index in [2.05, 4.69) is 30.4 Å². The Morgan fingerprint density at radius 2 is 1.94 bits per heavy atom. The molecule has 4 aromatic rings. The first-order chi connectivity index (χ1) is 16.3. The first-order valence-corrected chi connectivity index (χ1v) is 12.8. The van der Waals surface area contributed by atoms with E-state index in [9.17, 15) is 12.8 Å².